The Hall–Kier alpha value is -2.29. The number of aromatic nitrogens is 2. The highest BCUT2D eigenvalue weighted by Gasteiger charge is 2.31. The first-order chi connectivity index (χ1) is 13.3. The SMILES string of the molecule is Cc1cccc(N2CCN(S(=O)(=O)c3cc4[nH]c(=O)[nH]c4cc3Cl)CC2)c1C. The highest BCUT2D eigenvalue weighted by atomic mass is 35.5. The third kappa shape index (κ3) is 3.21. The third-order valence-corrected chi connectivity index (χ3v) is 7.70. The van der Waals surface area contributed by atoms with Gasteiger partial charge in [0, 0.05) is 31.9 Å². The van der Waals surface area contributed by atoms with Crippen LogP contribution in [0.15, 0.2) is 40.0 Å². The number of piperazine rings is 1. The van der Waals surface area contributed by atoms with E-state index in [1.54, 1.807) is 0 Å². The van der Waals surface area contributed by atoms with Gasteiger partial charge in [-0.15, -0.1) is 0 Å². The lowest BCUT2D eigenvalue weighted by Gasteiger charge is -2.36. The first-order valence-corrected chi connectivity index (χ1v) is 10.8. The van der Waals surface area contributed by atoms with Crippen molar-refractivity contribution in [3.63, 3.8) is 0 Å². The fourth-order valence-electron chi connectivity index (χ4n) is 3.62. The van der Waals surface area contributed by atoms with E-state index < -0.39 is 15.7 Å². The molecule has 0 spiro atoms. The Morgan fingerprint density at radius 2 is 1.64 bits per heavy atom. The summed E-state index contributed by atoms with van der Waals surface area (Å²) in [6.45, 7) is 6.10. The van der Waals surface area contributed by atoms with Crippen molar-refractivity contribution < 1.29 is 8.42 Å². The van der Waals surface area contributed by atoms with Gasteiger partial charge in [0.1, 0.15) is 4.90 Å². The predicted octanol–water partition coefficient (Wildman–Crippen LogP) is 2.64. The van der Waals surface area contributed by atoms with Gasteiger partial charge in [0.25, 0.3) is 0 Å². The molecule has 1 fully saturated rings. The lowest BCUT2D eigenvalue weighted by molar-refractivity contribution is 0.385. The molecule has 1 aliphatic rings. The number of imidazole rings is 1. The number of nitrogens with zero attached hydrogens (tertiary/aromatic N) is 2. The Kier molecular flexibility index (Phi) is 4.73. The van der Waals surface area contributed by atoms with Crippen molar-refractivity contribution in [3.8, 4) is 0 Å². The molecule has 0 bridgehead atoms. The fourth-order valence-corrected chi connectivity index (χ4v) is 5.57. The summed E-state index contributed by atoms with van der Waals surface area (Å²) in [5.74, 6) is 0. The van der Waals surface area contributed by atoms with Gasteiger partial charge >= 0.3 is 5.69 Å². The van der Waals surface area contributed by atoms with E-state index in [2.05, 4.69) is 40.8 Å². The van der Waals surface area contributed by atoms with Gasteiger partial charge < -0.3 is 14.9 Å². The largest absolute Gasteiger partial charge is 0.369 e. The molecule has 1 aromatic heterocycles. The average molecular weight is 421 g/mol. The number of hydrogen-bond donors (Lipinski definition) is 2. The molecule has 4 rings (SSSR count). The van der Waals surface area contributed by atoms with Crippen LogP contribution in [-0.2, 0) is 10.0 Å². The molecule has 148 valence electrons. The molecule has 7 nitrogen and oxygen atoms in total. The summed E-state index contributed by atoms with van der Waals surface area (Å²) in [6, 6.07) is 9.05. The Bertz CT molecular complexity index is 1210. The predicted molar refractivity (Wildman–Crippen MR) is 111 cm³/mol. The summed E-state index contributed by atoms with van der Waals surface area (Å²) in [5.41, 5.74) is 4.07. The van der Waals surface area contributed by atoms with Crippen LogP contribution < -0.4 is 10.6 Å². The minimum Gasteiger partial charge on any atom is -0.369 e. The van der Waals surface area contributed by atoms with Crippen LogP contribution in [0.2, 0.25) is 5.02 Å². The van der Waals surface area contributed by atoms with Crippen LogP contribution in [0.1, 0.15) is 11.1 Å². The van der Waals surface area contributed by atoms with Crippen molar-refractivity contribution in [1.82, 2.24) is 14.3 Å². The van der Waals surface area contributed by atoms with Gasteiger partial charge in [0.2, 0.25) is 10.0 Å². The van der Waals surface area contributed by atoms with E-state index >= 15 is 0 Å². The van der Waals surface area contributed by atoms with Crippen LogP contribution in [0.25, 0.3) is 11.0 Å². The normalized spacial score (nSPS) is 16.0. The number of anilines is 1. The van der Waals surface area contributed by atoms with Gasteiger partial charge in [0.05, 0.1) is 16.1 Å². The molecule has 0 radical (unpaired) electrons. The first kappa shape index (κ1) is 19.0. The monoisotopic (exact) mass is 420 g/mol. The summed E-state index contributed by atoms with van der Waals surface area (Å²) in [6.07, 6.45) is 0. The van der Waals surface area contributed by atoms with E-state index in [9.17, 15) is 13.2 Å². The standard InChI is InChI=1S/C19H21ClN4O3S/c1-12-4-3-5-17(13(12)2)23-6-8-24(9-7-23)28(26,27)18-11-16-15(10-14(18)20)21-19(25)22-16/h3-5,10-11H,6-9H2,1-2H3,(H2,21,22,25). The van der Waals surface area contributed by atoms with Crippen LogP contribution >= 0.6 is 11.6 Å². The number of nitrogens with one attached hydrogen (secondary N) is 2. The second-order valence-corrected chi connectivity index (χ2v) is 9.33. The Labute approximate surface area is 168 Å². The quantitative estimate of drug-likeness (QED) is 0.681. The summed E-state index contributed by atoms with van der Waals surface area (Å²) < 4.78 is 27.7. The molecule has 0 atom stereocenters. The molecule has 0 saturated carbocycles. The summed E-state index contributed by atoms with van der Waals surface area (Å²) in [4.78, 5) is 18.8. The summed E-state index contributed by atoms with van der Waals surface area (Å²) in [7, 11) is -3.76. The molecule has 3 aromatic rings. The van der Waals surface area contributed by atoms with E-state index in [0.717, 1.165) is 5.69 Å². The van der Waals surface area contributed by atoms with Gasteiger partial charge in [-0.25, -0.2) is 13.2 Å². The van der Waals surface area contributed by atoms with Crippen LogP contribution in [0.3, 0.4) is 0 Å². The molecule has 9 heteroatoms. The highest BCUT2D eigenvalue weighted by molar-refractivity contribution is 7.89. The highest BCUT2D eigenvalue weighted by Crippen LogP contribution is 2.30. The summed E-state index contributed by atoms with van der Waals surface area (Å²) >= 11 is 6.23. The van der Waals surface area contributed by atoms with E-state index in [-0.39, 0.29) is 9.92 Å². The van der Waals surface area contributed by atoms with Crippen molar-refractivity contribution in [2.45, 2.75) is 18.7 Å². The maximum absolute atomic E-state index is 13.1. The van der Waals surface area contributed by atoms with Gasteiger partial charge in [0.15, 0.2) is 0 Å². The fraction of sp³-hybridized carbons (Fsp3) is 0.316. The van der Waals surface area contributed by atoms with E-state index in [1.165, 1.54) is 27.6 Å². The van der Waals surface area contributed by atoms with Gasteiger partial charge in [-0.3, -0.25) is 0 Å². The number of aryl methyl sites for hydroxylation is 1. The molecule has 2 N–H and O–H groups in total. The second kappa shape index (κ2) is 6.95. The molecule has 2 heterocycles. The van der Waals surface area contributed by atoms with Gasteiger partial charge in [-0.1, -0.05) is 23.7 Å². The van der Waals surface area contributed by atoms with E-state index in [0.29, 0.717) is 37.2 Å². The Balaban J connectivity index is 1.59. The zero-order valence-electron chi connectivity index (χ0n) is 15.6. The molecule has 1 saturated heterocycles. The van der Waals surface area contributed by atoms with Gasteiger partial charge in [-0.2, -0.15) is 4.31 Å². The minimum atomic E-state index is -3.76. The van der Waals surface area contributed by atoms with Crippen molar-refractivity contribution in [2.75, 3.05) is 31.1 Å². The van der Waals surface area contributed by atoms with Crippen LogP contribution in [0.4, 0.5) is 5.69 Å². The minimum absolute atomic E-state index is 0.0112. The number of H-pyrrole nitrogens is 2. The van der Waals surface area contributed by atoms with Gasteiger partial charge in [-0.05, 0) is 43.2 Å². The number of aromatic amines is 2. The third-order valence-electron chi connectivity index (χ3n) is 5.34. The first-order valence-electron chi connectivity index (χ1n) is 9.00. The number of fused-ring (bicyclic) bond motifs is 1. The number of rotatable bonds is 3. The Morgan fingerprint density at radius 1 is 1.00 bits per heavy atom. The molecule has 0 unspecified atom stereocenters. The molecular weight excluding hydrogens is 400 g/mol. The van der Waals surface area contributed by atoms with E-state index in [4.69, 9.17) is 11.6 Å². The van der Waals surface area contributed by atoms with Crippen molar-refractivity contribution in [1.29, 1.82) is 0 Å². The number of hydrogen-bond acceptors (Lipinski definition) is 4. The zero-order chi connectivity index (χ0) is 20.1. The maximum atomic E-state index is 13.1. The summed E-state index contributed by atoms with van der Waals surface area (Å²) in [5, 5.41) is 0.0970. The van der Waals surface area contributed by atoms with Crippen molar-refractivity contribution >= 4 is 38.3 Å². The van der Waals surface area contributed by atoms with E-state index in [1.807, 2.05) is 6.07 Å². The van der Waals surface area contributed by atoms with Crippen molar-refractivity contribution in [2.24, 2.45) is 0 Å². The van der Waals surface area contributed by atoms with Crippen LogP contribution in [0.5, 0.6) is 0 Å². The van der Waals surface area contributed by atoms with Crippen molar-refractivity contribution in [3.05, 3.63) is 57.0 Å². The topological polar surface area (TPSA) is 89.3 Å². The zero-order valence-corrected chi connectivity index (χ0v) is 17.2. The Morgan fingerprint density at radius 3 is 2.32 bits per heavy atom. The smallest absolute Gasteiger partial charge is 0.323 e. The molecule has 0 amide bonds. The number of sulfonamides is 1. The molecule has 1 aliphatic heterocycles. The molecule has 0 aliphatic carbocycles. The molecular formula is C19H21ClN4O3S. The molecule has 28 heavy (non-hydrogen) atoms. The number of benzene rings is 2. The van der Waals surface area contributed by atoms with Crippen LogP contribution in [0, 0.1) is 13.8 Å². The second-order valence-electron chi connectivity index (χ2n) is 7.02. The lowest BCUT2D eigenvalue weighted by atomic mass is 10.1. The molecule has 2 aromatic carbocycles. The average Bonchev–Trinajstić information content (AvgIpc) is 3.02. The van der Waals surface area contributed by atoms with Crippen LogP contribution in [-0.4, -0.2) is 48.9 Å². The number of halogens is 1. The lowest BCUT2D eigenvalue weighted by Crippen LogP contribution is -2.48. The maximum Gasteiger partial charge on any atom is 0.323 e.